The molecule has 1 aliphatic rings. The van der Waals surface area contributed by atoms with Crippen molar-refractivity contribution in [1.82, 2.24) is 20.5 Å². The van der Waals surface area contributed by atoms with Crippen molar-refractivity contribution < 1.29 is 38.2 Å². The van der Waals surface area contributed by atoms with Crippen LogP contribution in [0.25, 0.3) is 11.1 Å². The van der Waals surface area contributed by atoms with Gasteiger partial charge in [-0.2, -0.15) is 0 Å². The fourth-order valence-corrected chi connectivity index (χ4v) is 8.30. The topological polar surface area (TPSA) is 153 Å². The molecular formula is C44H52N4O8S. The highest BCUT2D eigenvalue weighted by molar-refractivity contribution is 7.09. The zero-order chi connectivity index (χ0) is 41.2. The highest BCUT2D eigenvalue weighted by Crippen LogP contribution is 2.44. The Labute approximate surface area is 338 Å². The highest BCUT2D eigenvalue weighted by atomic mass is 32.1. The first kappa shape index (κ1) is 42.6. The van der Waals surface area contributed by atoms with Crippen molar-refractivity contribution in [2.75, 3.05) is 20.8 Å². The number of carbonyl (C=O) groups is 5. The number of ether oxygens (including phenoxy) is 3. The maximum atomic E-state index is 13.8. The van der Waals surface area contributed by atoms with Crippen LogP contribution < -0.4 is 10.6 Å². The smallest absolute Gasteiger partial charge is 0.407 e. The fourth-order valence-electron chi connectivity index (χ4n) is 7.46. The Bertz CT molecular complexity index is 1990. The second-order valence-electron chi connectivity index (χ2n) is 14.9. The first-order valence-electron chi connectivity index (χ1n) is 19.2. The minimum Gasteiger partial charge on any atom is -0.469 e. The molecule has 13 heteroatoms. The first-order valence-corrected chi connectivity index (χ1v) is 20.1. The number of likely N-dealkylation sites (N-methyl/N-ethyl adjacent to an activating group) is 1. The zero-order valence-electron chi connectivity index (χ0n) is 33.5. The molecule has 1 heterocycles. The van der Waals surface area contributed by atoms with Gasteiger partial charge >= 0.3 is 18.0 Å². The zero-order valence-corrected chi connectivity index (χ0v) is 34.3. The summed E-state index contributed by atoms with van der Waals surface area (Å²) in [6.07, 6.45) is -0.526. The lowest BCUT2D eigenvalue weighted by molar-refractivity contribution is -0.149. The van der Waals surface area contributed by atoms with Crippen molar-refractivity contribution >= 4 is 41.2 Å². The fraction of sp³-hybridized carbons (Fsp3) is 0.409. The summed E-state index contributed by atoms with van der Waals surface area (Å²) in [6.45, 7) is 8.67. The number of hydrogen-bond acceptors (Lipinski definition) is 10. The number of hydrogen-bond donors (Lipinski definition) is 2. The third-order valence-corrected chi connectivity index (χ3v) is 11.3. The molecule has 3 amide bonds. The van der Waals surface area contributed by atoms with Crippen molar-refractivity contribution in [1.29, 1.82) is 0 Å². The van der Waals surface area contributed by atoms with Crippen LogP contribution in [0.2, 0.25) is 0 Å². The highest BCUT2D eigenvalue weighted by Gasteiger charge is 2.34. The lowest BCUT2D eigenvalue weighted by atomic mass is 9.95. The quantitative estimate of drug-likeness (QED) is 0.0843. The molecule has 0 bridgehead atoms. The second kappa shape index (κ2) is 19.5. The lowest BCUT2D eigenvalue weighted by Gasteiger charge is -2.35. The van der Waals surface area contributed by atoms with Gasteiger partial charge in [0.1, 0.15) is 23.4 Å². The molecule has 0 unspecified atom stereocenters. The summed E-state index contributed by atoms with van der Waals surface area (Å²) in [7, 11) is 2.99. The molecule has 5 atom stereocenters. The van der Waals surface area contributed by atoms with Crippen molar-refractivity contribution in [3.63, 3.8) is 0 Å². The number of nitrogens with one attached hydrogen (secondary N) is 2. The molecule has 5 rings (SSSR count). The molecule has 302 valence electrons. The molecule has 1 aromatic heterocycles. The maximum absolute atomic E-state index is 13.8. The number of esters is 2. The predicted octanol–water partition coefficient (Wildman–Crippen LogP) is 7.09. The van der Waals surface area contributed by atoms with E-state index in [2.05, 4.69) is 27.8 Å². The van der Waals surface area contributed by atoms with Crippen LogP contribution in [0.1, 0.15) is 91.7 Å². The predicted molar refractivity (Wildman–Crippen MR) is 217 cm³/mol. The molecule has 0 spiro atoms. The number of carbonyl (C=O) groups excluding carboxylic acids is 5. The Morgan fingerprint density at radius 1 is 0.842 bits per heavy atom. The number of alkyl carbamates (subject to hydrolysis) is 1. The maximum Gasteiger partial charge on any atom is 0.407 e. The van der Waals surface area contributed by atoms with Crippen LogP contribution in [0.15, 0.2) is 84.2 Å². The molecule has 3 aromatic carbocycles. The van der Waals surface area contributed by atoms with Crippen molar-refractivity contribution in [3.8, 4) is 11.1 Å². The summed E-state index contributed by atoms with van der Waals surface area (Å²) >= 11 is 1.18. The van der Waals surface area contributed by atoms with Gasteiger partial charge < -0.3 is 29.7 Å². The van der Waals surface area contributed by atoms with Crippen LogP contribution in [-0.2, 0) is 35.0 Å². The summed E-state index contributed by atoms with van der Waals surface area (Å²) in [5, 5.41) is 7.72. The molecule has 0 radical (unpaired) electrons. The third kappa shape index (κ3) is 10.9. The van der Waals surface area contributed by atoms with E-state index in [9.17, 15) is 24.0 Å². The first-order chi connectivity index (χ1) is 27.3. The van der Waals surface area contributed by atoms with E-state index in [1.165, 1.54) is 25.4 Å². The van der Waals surface area contributed by atoms with Crippen LogP contribution >= 0.6 is 11.3 Å². The van der Waals surface area contributed by atoms with Gasteiger partial charge in [-0.1, -0.05) is 99.6 Å². The van der Waals surface area contributed by atoms with E-state index >= 15 is 0 Å². The number of methoxy groups -OCH3 is 1. The van der Waals surface area contributed by atoms with Gasteiger partial charge in [0.15, 0.2) is 6.10 Å². The van der Waals surface area contributed by atoms with Crippen LogP contribution in [0.3, 0.4) is 0 Å². The van der Waals surface area contributed by atoms with Gasteiger partial charge in [0, 0.05) is 43.8 Å². The van der Waals surface area contributed by atoms with Crippen molar-refractivity contribution in [2.24, 2.45) is 11.8 Å². The van der Waals surface area contributed by atoms with E-state index in [0.29, 0.717) is 17.8 Å². The Kier molecular flexibility index (Phi) is 14.6. The van der Waals surface area contributed by atoms with E-state index in [-0.39, 0.29) is 42.4 Å². The van der Waals surface area contributed by atoms with Gasteiger partial charge in [-0.15, -0.1) is 11.3 Å². The average Bonchev–Trinajstić information content (AvgIpc) is 3.81. The summed E-state index contributed by atoms with van der Waals surface area (Å²) in [4.78, 5) is 71.1. The standard InChI is InChI=1S/C44H52N4O8S/c1-26(2)38(48(6)42(51)28(4)45-44(53)55-24-36-34-19-13-11-17-32(34)33-18-12-14-20-35(33)36)23-39(56-29(5)49)41-47-37(25-57-41)40(50)46-31(21-27(3)43(52)54-7)22-30-15-9-8-10-16-30/h8-20,25-28,31,36,38-39H,21-24H2,1-7H3,(H,45,53)(H,46,50)/t27-,28-,31-,38-,39+/m0/s1. The number of thiazole rings is 1. The third-order valence-electron chi connectivity index (χ3n) is 10.4. The van der Waals surface area contributed by atoms with Crippen LogP contribution in [-0.4, -0.2) is 78.6 Å². The Hall–Kier alpha value is -5.56. The van der Waals surface area contributed by atoms with Gasteiger partial charge in [-0.3, -0.25) is 19.2 Å². The number of amides is 3. The van der Waals surface area contributed by atoms with Gasteiger partial charge in [0.2, 0.25) is 5.91 Å². The van der Waals surface area contributed by atoms with E-state index < -0.39 is 48.1 Å². The van der Waals surface area contributed by atoms with Gasteiger partial charge in [-0.05, 0) is 53.5 Å². The number of rotatable bonds is 17. The van der Waals surface area contributed by atoms with Crippen molar-refractivity contribution in [2.45, 2.75) is 84.0 Å². The Balaban J connectivity index is 1.22. The molecule has 4 aromatic rings. The lowest BCUT2D eigenvalue weighted by Crippen LogP contribution is -2.50. The number of fused-ring (bicyclic) bond motifs is 3. The Morgan fingerprint density at radius 3 is 2.05 bits per heavy atom. The van der Waals surface area contributed by atoms with E-state index in [4.69, 9.17) is 14.2 Å². The van der Waals surface area contributed by atoms with Gasteiger partial charge in [0.25, 0.3) is 5.91 Å². The van der Waals surface area contributed by atoms with E-state index in [1.807, 2.05) is 80.6 Å². The second-order valence-corrected chi connectivity index (χ2v) is 15.8. The van der Waals surface area contributed by atoms with Crippen LogP contribution in [0.5, 0.6) is 0 Å². The molecule has 0 aliphatic heterocycles. The molecule has 2 N–H and O–H groups in total. The molecule has 57 heavy (non-hydrogen) atoms. The number of benzene rings is 3. The molecule has 1 aliphatic carbocycles. The van der Waals surface area contributed by atoms with E-state index in [0.717, 1.165) is 27.8 Å². The summed E-state index contributed by atoms with van der Waals surface area (Å²) in [6, 6.07) is 24.0. The van der Waals surface area contributed by atoms with E-state index in [1.54, 1.807) is 31.2 Å². The summed E-state index contributed by atoms with van der Waals surface area (Å²) in [5.41, 5.74) is 5.54. The normalized spacial score (nSPS) is 14.6. The Morgan fingerprint density at radius 2 is 1.46 bits per heavy atom. The van der Waals surface area contributed by atoms with Gasteiger partial charge in [0.05, 0.1) is 13.0 Å². The molecule has 0 saturated carbocycles. The molecular weight excluding hydrogens is 745 g/mol. The molecule has 0 fully saturated rings. The summed E-state index contributed by atoms with van der Waals surface area (Å²) < 4.78 is 16.3. The van der Waals surface area contributed by atoms with Crippen LogP contribution in [0.4, 0.5) is 4.79 Å². The van der Waals surface area contributed by atoms with Crippen molar-refractivity contribution in [3.05, 3.63) is 112 Å². The average molecular weight is 797 g/mol. The minimum absolute atomic E-state index is 0.0862. The monoisotopic (exact) mass is 796 g/mol. The largest absolute Gasteiger partial charge is 0.469 e. The number of aromatic nitrogens is 1. The summed E-state index contributed by atoms with van der Waals surface area (Å²) in [5.74, 6) is -2.35. The number of nitrogens with zero attached hydrogens (tertiary/aromatic N) is 2. The van der Waals surface area contributed by atoms with Crippen LogP contribution in [0, 0.1) is 11.8 Å². The van der Waals surface area contributed by atoms with Gasteiger partial charge in [-0.25, -0.2) is 9.78 Å². The minimum atomic E-state index is -0.917. The molecule has 12 nitrogen and oxygen atoms in total. The SMILES string of the molecule is COC(=O)[C@@H](C)C[C@@H](Cc1ccccc1)NC(=O)c1csc([C@@H](C[C@@H](C(C)C)N(C)C(=O)[C@H](C)NC(=O)OCC2c3ccccc3-c3ccccc32)OC(C)=O)n1. The molecule has 0 saturated heterocycles.